The van der Waals surface area contributed by atoms with Crippen molar-refractivity contribution in [1.29, 1.82) is 0 Å². The fourth-order valence-electron chi connectivity index (χ4n) is 3.01. The van der Waals surface area contributed by atoms with Crippen molar-refractivity contribution in [1.82, 2.24) is 0 Å². The number of allylic oxidation sites excluding steroid dienone is 2. The molecule has 2 atom stereocenters. The maximum absolute atomic E-state index is 11.7. The zero-order valence-electron chi connectivity index (χ0n) is 21.1. The summed E-state index contributed by atoms with van der Waals surface area (Å²) in [6, 6.07) is 0. The number of rotatable bonds is 23. The largest absolute Gasteiger partial charge is 0.756 e. The first kappa shape index (κ1) is 31.7. The van der Waals surface area contributed by atoms with Crippen molar-refractivity contribution < 1.29 is 32.8 Å². The fourth-order valence-corrected chi connectivity index (χ4v) is 3.74. The van der Waals surface area contributed by atoms with Crippen LogP contribution in [-0.2, 0) is 18.3 Å². The molecule has 0 aliphatic rings. The minimum absolute atomic E-state index is 0.0483. The van der Waals surface area contributed by atoms with Gasteiger partial charge in [-0.25, -0.2) is 0 Å². The third kappa shape index (κ3) is 24.4. The summed E-state index contributed by atoms with van der Waals surface area (Å²) >= 11 is 0. The molecule has 1 unspecified atom stereocenters. The van der Waals surface area contributed by atoms with Crippen molar-refractivity contribution in [3.8, 4) is 0 Å². The zero-order chi connectivity index (χ0) is 24.1. The highest BCUT2D eigenvalue weighted by Gasteiger charge is 2.15. The summed E-state index contributed by atoms with van der Waals surface area (Å²) in [6.07, 6.45) is 18.4. The van der Waals surface area contributed by atoms with Gasteiger partial charge in [-0.1, -0.05) is 64.0 Å². The van der Waals surface area contributed by atoms with Crippen molar-refractivity contribution in [3.05, 3.63) is 12.2 Å². The Morgan fingerprint density at radius 2 is 1.41 bits per heavy atom. The lowest BCUT2D eigenvalue weighted by Gasteiger charge is -2.27. The maximum Gasteiger partial charge on any atom is 0.268 e. The second kappa shape index (κ2) is 20.1. The molecule has 0 radical (unpaired) electrons. The third-order valence-electron chi connectivity index (χ3n) is 5.05. The lowest BCUT2D eigenvalue weighted by atomic mass is 10.1. The quantitative estimate of drug-likeness (QED) is 0.0977. The Balaban J connectivity index is 3.46. The molecule has 0 aromatic rings. The Morgan fingerprint density at radius 1 is 0.844 bits per heavy atom. The van der Waals surface area contributed by atoms with E-state index in [9.17, 15) is 14.6 Å². The van der Waals surface area contributed by atoms with E-state index in [1.165, 1.54) is 64.2 Å². The molecule has 0 heterocycles. The predicted molar refractivity (Wildman–Crippen MR) is 129 cm³/mol. The maximum atomic E-state index is 11.7. The molecule has 0 rings (SSSR count). The first-order valence-corrected chi connectivity index (χ1v) is 13.9. The average Bonchev–Trinajstić information content (AvgIpc) is 2.71. The van der Waals surface area contributed by atoms with Gasteiger partial charge >= 0.3 is 0 Å². The normalized spacial score (nSPS) is 15.3. The summed E-state index contributed by atoms with van der Waals surface area (Å²) in [5.41, 5.74) is 0. The van der Waals surface area contributed by atoms with Gasteiger partial charge in [0.25, 0.3) is 7.82 Å². The number of unbranched alkanes of at least 4 members (excludes halogenated alkanes) is 10. The van der Waals surface area contributed by atoms with Crippen molar-refractivity contribution in [2.24, 2.45) is 0 Å². The molecule has 8 heteroatoms. The van der Waals surface area contributed by atoms with Crippen LogP contribution >= 0.6 is 7.82 Å². The molecule has 0 bridgehead atoms. The van der Waals surface area contributed by atoms with Crippen LogP contribution in [0.2, 0.25) is 0 Å². The van der Waals surface area contributed by atoms with E-state index < -0.39 is 13.9 Å². The molecule has 0 saturated heterocycles. The molecular weight excluding hydrogens is 429 g/mol. The smallest absolute Gasteiger partial charge is 0.268 e. The predicted octanol–water partition coefficient (Wildman–Crippen LogP) is 4.83. The highest BCUT2D eigenvalue weighted by molar-refractivity contribution is 7.45. The molecule has 0 aromatic heterocycles. The van der Waals surface area contributed by atoms with Crippen LogP contribution in [0, 0.1) is 0 Å². The lowest BCUT2D eigenvalue weighted by Crippen LogP contribution is -2.37. The number of hydrogen-bond acceptors (Lipinski definition) is 6. The number of nitrogens with zero attached hydrogens (tertiary/aromatic N) is 1. The Kier molecular flexibility index (Phi) is 20.0. The third-order valence-corrected chi connectivity index (χ3v) is 6.01. The summed E-state index contributed by atoms with van der Waals surface area (Å²) in [4.78, 5) is 11.7. The highest BCUT2D eigenvalue weighted by Crippen LogP contribution is 2.38. The Labute approximate surface area is 197 Å². The van der Waals surface area contributed by atoms with Gasteiger partial charge in [0.15, 0.2) is 0 Å². The highest BCUT2D eigenvalue weighted by atomic mass is 31.2. The van der Waals surface area contributed by atoms with E-state index in [0.717, 1.165) is 12.8 Å². The van der Waals surface area contributed by atoms with Gasteiger partial charge in [0.05, 0.1) is 34.4 Å². The number of phosphoric acid groups is 1. The first-order valence-electron chi connectivity index (χ1n) is 12.5. The Bertz CT molecular complexity index is 495. The second-order valence-corrected chi connectivity index (χ2v) is 11.0. The number of aliphatic hydroxyl groups is 1. The van der Waals surface area contributed by atoms with Gasteiger partial charge in [0, 0.05) is 6.61 Å². The molecule has 0 fully saturated rings. The van der Waals surface area contributed by atoms with Crippen LogP contribution in [-0.4, -0.2) is 69.8 Å². The molecule has 0 aromatic carbocycles. The van der Waals surface area contributed by atoms with Crippen molar-refractivity contribution in [2.45, 2.75) is 90.1 Å². The molecule has 0 spiro atoms. The number of phosphoric ester groups is 1. The summed E-state index contributed by atoms with van der Waals surface area (Å²) in [7, 11) is 1.44. The standard InChI is InChI=1S/C24H50NO6P/c1-5-6-7-8-9-10-11-12-13-14-15-16-17-18-20-29-22-24(26)23-31-32(27,28)30-21-19-25(2,3)4/h10-11,24,26H,5-9,12-23H2,1-4H3/b11-10+/t24-/m1/s1. The van der Waals surface area contributed by atoms with E-state index >= 15 is 0 Å². The average molecular weight is 480 g/mol. The minimum Gasteiger partial charge on any atom is -0.756 e. The van der Waals surface area contributed by atoms with E-state index in [1.54, 1.807) is 0 Å². The van der Waals surface area contributed by atoms with Crippen molar-refractivity contribution >= 4 is 7.82 Å². The number of ether oxygens (including phenoxy) is 1. The molecule has 7 nitrogen and oxygen atoms in total. The molecule has 0 saturated carbocycles. The molecular formula is C24H50NO6P. The van der Waals surface area contributed by atoms with Crippen LogP contribution in [0.5, 0.6) is 0 Å². The van der Waals surface area contributed by atoms with Crippen LogP contribution in [0.3, 0.4) is 0 Å². The number of likely N-dealkylation sites (N-methyl/N-ethyl adjacent to an activating group) is 1. The van der Waals surface area contributed by atoms with Crippen molar-refractivity contribution in [2.75, 3.05) is 54.1 Å². The molecule has 0 aliphatic heterocycles. The second-order valence-electron chi connectivity index (χ2n) is 9.55. The number of hydrogen-bond donors (Lipinski definition) is 1. The number of aliphatic hydroxyl groups excluding tert-OH is 1. The number of quaternary nitrogens is 1. The van der Waals surface area contributed by atoms with Crippen LogP contribution in [0.1, 0.15) is 84.0 Å². The van der Waals surface area contributed by atoms with Crippen molar-refractivity contribution in [3.63, 3.8) is 0 Å². The van der Waals surface area contributed by atoms with Crippen LogP contribution in [0.4, 0.5) is 0 Å². The van der Waals surface area contributed by atoms with Crippen LogP contribution in [0.25, 0.3) is 0 Å². The van der Waals surface area contributed by atoms with E-state index in [4.69, 9.17) is 13.8 Å². The molecule has 32 heavy (non-hydrogen) atoms. The van der Waals surface area contributed by atoms with Gasteiger partial charge in [0.1, 0.15) is 19.3 Å². The van der Waals surface area contributed by atoms with Gasteiger partial charge in [0.2, 0.25) is 0 Å². The van der Waals surface area contributed by atoms with Gasteiger partial charge < -0.3 is 28.3 Å². The zero-order valence-corrected chi connectivity index (χ0v) is 22.0. The Hall–Kier alpha value is -0.270. The molecule has 0 aliphatic carbocycles. The van der Waals surface area contributed by atoms with Crippen LogP contribution < -0.4 is 4.89 Å². The monoisotopic (exact) mass is 479 g/mol. The summed E-state index contributed by atoms with van der Waals surface area (Å²) in [5.74, 6) is 0. The summed E-state index contributed by atoms with van der Waals surface area (Å²) in [5, 5.41) is 9.81. The minimum atomic E-state index is -4.39. The Morgan fingerprint density at radius 3 is 2.00 bits per heavy atom. The summed E-state index contributed by atoms with van der Waals surface area (Å²) in [6.45, 7) is 3.10. The van der Waals surface area contributed by atoms with Gasteiger partial charge in [-0.15, -0.1) is 0 Å². The van der Waals surface area contributed by atoms with Gasteiger partial charge in [-0.2, -0.15) is 0 Å². The summed E-state index contributed by atoms with van der Waals surface area (Å²) < 4.78 is 27.2. The van der Waals surface area contributed by atoms with E-state index in [0.29, 0.717) is 17.6 Å². The van der Waals surface area contributed by atoms with Crippen LogP contribution in [0.15, 0.2) is 12.2 Å². The van der Waals surface area contributed by atoms with E-state index in [1.807, 2.05) is 21.1 Å². The first-order chi connectivity index (χ1) is 15.2. The van der Waals surface area contributed by atoms with E-state index in [2.05, 4.69) is 19.1 Å². The van der Waals surface area contributed by atoms with Gasteiger partial charge in [-0.05, 0) is 32.1 Å². The molecule has 192 valence electrons. The van der Waals surface area contributed by atoms with E-state index in [-0.39, 0.29) is 19.8 Å². The molecule has 0 amide bonds. The molecule has 1 N–H and O–H groups in total. The lowest BCUT2D eigenvalue weighted by molar-refractivity contribution is -0.870. The van der Waals surface area contributed by atoms with Gasteiger partial charge in [-0.3, -0.25) is 4.57 Å². The SMILES string of the molecule is CCCCCC/C=C/CCCCCCCCOC[C@@H](O)COP(=O)([O-])OCC[N+](C)(C)C. The topological polar surface area (TPSA) is 88.0 Å². The fraction of sp³-hybridized carbons (Fsp3) is 0.917.